The molecule has 0 amide bonds. The predicted octanol–water partition coefficient (Wildman–Crippen LogP) is 3.11. The summed E-state index contributed by atoms with van der Waals surface area (Å²) in [5.41, 5.74) is 8.57. The van der Waals surface area contributed by atoms with Gasteiger partial charge >= 0.3 is 0 Å². The summed E-state index contributed by atoms with van der Waals surface area (Å²) in [4.78, 5) is 2.11. The van der Waals surface area contributed by atoms with Gasteiger partial charge in [-0.25, -0.2) is 8.78 Å². The Morgan fingerprint density at radius 3 is 2.55 bits per heavy atom. The zero-order valence-electron chi connectivity index (χ0n) is 11.1. The number of fused-ring (bicyclic) bond motifs is 1. The number of benzene rings is 2. The molecule has 104 valence electrons. The summed E-state index contributed by atoms with van der Waals surface area (Å²) in [6, 6.07) is 10.1. The van der Waals surface area contributed by atoms with Crippen LogP contribution in [0.25, 0.3) is 0 Å². The lowest BCUT2D eigenvalue weighted by Crippen LogP contribution is -2.31. The quantitative estimate of drug-likeness (QED) is 0.853. The van der Waals surface area contributed by atoms with Crippen molar-refractivity contribution in [2.75, 3.05) is 12.3 Å². The zero-order valence-corrected chi connectivity index (χ0v) is 11.1. The van der Waals surface area contributed by atoms with Gasteiger partial charge in [-0.3, -0.25) is 4.90 Å². The lowest BCUT2D eigenvalue weighted by Gasteiger charge is -2.29. The molecule has 1 heterocycles. The standard InChI is InChI=1S/C16H16F2N2/c17-15-4-5-16(18)14-10-20(7-6-13(14)15)9-11-2-1-3-12(19)8-11/h1-5,8H,6-7,9-10,19H2. The van der Waals surface area contributed by atoms with Crippen LogP contribution < -0.4 is 5.73 Å². The molecule has 0 radical (unpaired) electrons. The maximum atomic E-state index is 13.8. The van der Waals surface area contributed by atoms with Crippen molar-refractivity contribution < 1.29 is 8.78 Å². The van der Waals surface area contributed by atoms with Gasteiger partial charge in [-0.15, -0.1) is 0 Å². The van der Waals surface area contributed by atoms with Crippen LogP contribution in [0.5, 0.6) is 0 Å². The van der Waals surface area contributed by atoms with E-state index >= 15 is 0 Å². The Bertz CT molecular complexity index is 640. The Kier molecular flexibility index (Phi) is 3.40. The van der Waals surface area contributed by atoms with E-state index in [9.17, 15) is 8.78 Å². The van der Waals surface area contributed by atoms with Gasteiger partial charge in [-0.05, 0) is 41.8 Å². The van der Waals surface area contributed by atoms with Crippen molar-refractivity contribution in [2.45, 2.75) is 19.5 Å². The molecular formula is C16H16F2N2. The second-order valence-electron chi connectivity index (χ2n) is 5.19. The molecule has 0 spiro atoms. The highest BCUT2D eigenvalue weighted by Gasteiger charge is 2.22. The molecule has 2 aromatic carbocycles. The van der Waals surface area contributed by atoms with E-state index < -0.39 is 0 Å². The molecule has 0 unspecified atom stereocenters. The number of anilines is 1. The number of nitrogen functional groups attached to an aromatic ring is 1. The molecule has 1 aliphatic rings. The van der Waals surface area contributed by atoms with Crippen molar-refractivity contribution in [3.05, 3.63) is 64.7 Å². The smallest absolute Gasteiger partial charge is 0.128 e. The first-order chi connectivity index (χ1) is 9.63. The van der Waals surface area contributed by atoms with Gasteiger partial charge in [0.05, 0.1) is 0 Å². The van der Waals surface area contributed by atoms with Gasteiger partial charge in [0, 0.05) is 30.9 Å². The van der Waals surface area contributed by atoms with Crippen LogP contribution >= 0.6 is 0 Å². The molecule has 0 saturated heterocycles. The summed E-state index contributed by atoms with van der Waals surface area (Å²) < 4.78 is 27.5. The molecule has 0 bridgehead atoms. The first kappa shape index (κ1) is 13.1. The van der Waals surface area contributed by atoms with Crippen molar-refractivity contribution in [1.29, 1.82) is 0 Å². The lowest BCUT2D eigenvalue weighted by atomic mass is 9.98. The molecule has 3 rings (SSSR count). The van der Waals surface area contributed by atoms with Gasteiger partial charge in [0.2, 0.25) is 0 Å². The third-order valence-electron chi connectivity index (χ3n) is 3.73. The highest BCUT2D eigenvalue weighted by Crippen LogP contribution is 2.25. The first-order valence-corrected chi connectivity index (χ1v) is 6.66. The van der Waals surface area contributed by atoms with Crippen LogP contribution in [0.2, 0.25) is 0 Å². The minimum absolute atomic E-state index is 0.301. The van der Waals surface area contributed by atoms with Crippen molar-refractivity contribution in [2.24, 2.45) is 0 Å². The summed E-state index contributed by atoms with van der Waals surface area (Å²) in [6.07, 6.45) is 0.543. The van der Waals surface area contributed by atoms with Gasteiger partial charge in [-0.1, -0.05) is 12.1 Å². The molecule has 1 aliphatic heterocycles. The SMILES string of the molecule is Nc1cccc(CN2CCc3c(F)ccc(F)c3C2)c1. The Labute approximate surface area is 116 Å². The van der Waals surface area contributed by atoms with E-state index in [2.05, 4.69) is 4.90 Å². The number of nitrogens with zero attached hydrogens (tertiary/aromatic N) is 1. The molecule has 0 saturated carbocycles. The molecule has 4 heteroatoms. The van der Waals surface area contributed by atoms with E-state index in [0.717, 1.165) is 17.8 Å². The summed E-state index contributed by atoms with van der Waals surface area (Å²) in [5.74, 6) is -0.622. The molecule has 2 N–H and O–H groups in total. The van der Waals surface area contributed by atoms with Crippen LogP contribution in [0.4, 0.5) is 14.5 Å². The van der Waals surface area contributed by atoms with Crippen LogP contribution in [0.3, 0.4) is 0 Å². The van der Waals surface area contributed by atoms with E-state index in [1.54, 1.807) is 0 Å². The maximum absolute atomic E-state index is 13.8. The molecule has 20 heavy (non-hydrogen) atoms. The fraction of sp³-hybridized carbons (Fsp3) is 0.250. The molecule has 0 atom stereocenters. The summed E-state index contributed by atoms with van der Waals surface area (Å²) in [7, 11) is 0. The van der Waals surface area contributed by atoms with E-state index in [1.807, 2.05) is 24.3 Å². The van der Waals surface area contributed by atoms with E-state index in [1.165, 1.54) is 12.1 Å². The highest BCUT2D eigenvalue weighted by molar-refractivity contribution is 5.40. The van der Waals surface area contributed by atoms with Crippen LogP contribution in [-0.2, 0) is 19.5 Å². The fourth-order valence-electron chi connectivity index (χ4n) is 2.73. The lowest BCUT2D eigenvalue weighted by molar-refractivity contribution is 0.238. The second-order valence-corrected chi connectivity index (χ2v) is 5.19. The van der Waals surface area contributed by atoms with Crippen LogP contribution in [0.1, 0.15) is 16.7 Å². The number of rotatable bonds is 2. The van der Waals surface area contributed by atoms with Crippen molar-refractivity contribution in [3.8, 4) is 0 Å². The molecule has 2 aromatic rings. The van der Waals surface area contributed by atoms with Crippen LogP contribution in [0.15, 0.2) is 36.4 Å². The average molecular weight is 274 g/mol. The second kappa shape index (κ2) is 5.21. The fourth-order valence-corrected chi connectivity index (χ4v) is 2.73. The Balaban J connectivity index is 1.80. The van der Waals surface area contributed by atoms with Crippen molar-refractivity contribution in [3.63, 3.8) is 0 Å². The number of halogens is 2. The zero-order chi connectivity index (χ0) is 14.1. The minimum atomic E-state index is -0.321. The van der Waals surface area contributed by atoms with E-state index in [0.29, 0.717) is 30.6 Å². The Hall–Kier alpha value is -1.94. The number of hydrogen-bond donors (Lipinski definition) is 1. The summed E-state index contributed by atoms with van der Waals surface area (Å²) in [5, 5.41) is 0. The Morgan fingerprint density at radius 2 is 1.80 bits per heavy atom. The Morgan fingerprint density at radius 1 is 1.05 bits per heavy atom. The largest absolute Gasteiger partial charge is 0.399 e. The third-order valence-corrected chi connectivity index (χ3v) is 3.73. The first-order valence-electron chi connectivity index (χ1n) is 6.66. The van der Waals surface area contributed by atoms with Gasteiger partial charge < -0.3 is 5.73 Å². The van der Waals surface area contributed by atoms with Crippen molar-refractivity contribution >= 4 is 5.69 Å². The summed E-state index contributed by atoms with van der Waals surface area (Å²) in [6.45, 7) is 1.86. The van der Waals surface area contributed by atoms with Gasteiger partial charge in [0.25, 0.3) is 0 Å². The van der Waals surface area contributed by atoms with Crippen LogP contribution in [-0.4, -0.2) is 11.4 Å². The molecule has 0 aliphatic carbocycles. The topological polar surface area (TPSA) is 29.3 Å². The normalized spacial score (nSPS) is 15.1. The van der Waals surface area contributed by atoms with Gasteiger partial charge in [0.15, 0.2) is 0 Å². The van der Waals surface area contributed by atoms with Crippen molar-refractivity contribution in [1.82, 2.24) is 4.90 Å². The highest BCUT2D eigenvalue weighted by atomic mass is 19.1. The van der Waals surface area contributed by atoms with E-state index in [-0.39, 0.29) is 11.6 Å². The third kappa shape index (κ3) is 2.51. The monoisotopic (exact) mass is 274 g/mol. The van der Waals surface area contributed by atoms with E-state index in [4.69, 9.17) is 5.73 Å². The predicted molar refractivity (Wildman–Crippen MR) is 75.0 cm³/mol. The molecule has 0 fully saturated rings. The van der Waals surface area contributed by atoms with Gasteiger partial charge in [0.1, 0.15) is 11.6 Å². The van der Waals surface area contributed by atoms with Gasteiger partial charge in [-0.2, -0.15) is 0 Å². The molecule has 0 aromatic heterocycles. The minimum Gasteiger partial charge on any atom is -0.399 e. The maximum Gasteiger partial charge on any atom is 0.128 e. The number of hydrogen-bond acceptors (Lipinski definition) is 2. The number of nitrogens with two attached hydrogens (primary N) is 1. The molecule has 2 nitrogen and oxygen atoms in total. The summed E-state index contributed by atoms with van der Waals surface area (Å²) >= 11 is 0. The average Bonchev–Trinajstić information content (AvgIpc) is 2.43. The molecular weight excluding hydrogens is 258 g/mol. The van der Waals surface area contributed by atoms with Crippen LogP contribution in [0, 0.1) is 11.6 Å².